The molecule has 3 aromatic carbocycles. The molecule has 1 fully saturated rings. The molecule has 0 aliphatic carbocycles. The highest BCUT2D eigenvalue weighted by molar-refractivity contribution is 6.32. The lowest BCUT2D eigenvalue weighted by molar-refractivity contribution is -0.0199. The molecule has 1 saturated heterocycles. The molecule has 0 spiro atoms. The van der Waals surface area contributed by atoms with E-state index in [0.717, 1.165) is 28.9 Å². The molecule has 38 heavy (non-hydrogen) atoms. The summed E-state index contributed by atoms with van der Waals surface area (Å²) >= 11 is 6.26. The van der Waals surface area contributed by atoms with Crippen molar-refractivity contribution in [3.63, 3.8) is 0 Å². The third kappa shape index (κ3) is 7.87. The monoisotopic (exact) mass is 539 g/mol. The van der Waals surface area contributed by atoms with E-state index in [1.807, 2.05) is 66.7 Å². The van der Waals surface area contributed by atoms with Gasteiger partial charge in [-0.1, -0.05) is 60.1 Å². The van der Waals surface area contributed by atoms with Crippen molar-refractivity contribution in [2.24, 2.45) is 0 Å². The fourth-order valence-electron chi connectivity index (χ4n) is 4.57. The summed E-state index contributed by atoms with van der Waals surface area (Å²) in [6, 6.07) is 23.6. The molecule has 0 bridgehead atoms. The van der Waals surface area contributed by atoms with Gasteiger partial charge in [0, 0.05) is 18.9 Å². The van der Waals surface area contributed by atoms with Gasteiger partial charge < -0.3 is 29.0 Å². The van der Waals surface area contributed by atoms with Crippen molar-refractivity contribution in [1.29, 1.82) is 0 Å². The minimum absolute atomic E-state index is 0.0692. The Morgan fingerprint density at radius 2 is 1.79 bits per heavy atom. The molecule has 4 rings (SSSR count). The molecule has 0 saturated carbocycles. The number of carboxylic acid groups (broad SMARTS) is 1. The van der Waals surface area contributed by atoms with Crippen LogP contribution < -0.4 is 9.47 Å². The first-order valence-electron chi connectivity index (χ1n) is 12.8. The van der Waals surface area contributed by atoms with Gasteiger partial charge in [-0.2, -0.15) is 0 Å². The highest BCUT2D eigenvalue weighted by Gasteiger charge is 2.33. The van der Waals surface area contributed by atoms with E-state index in [1.165, 1.54) is 4.90 Å². The quantitative estimate of drug-likeness (QED) is 0.269. The number of likely N-dealkylation sites (tertiary alicyclic amines) is 1. The number of carbonyl (C=O) groups is 1. The van der Waals surface area contributed by atoms with Gasteiger partial charge in [-0.15, -0.1) is 0 Å². The zero-order valence-electron chi connectivity index (χ0n) is 21.6. The maximum absolute atomic E-state index is 11.6. The molecule has 0 radical (unpaired) electrons. The van der Waals surface area contributed by atoms with Crippen LogP contribution in [-0.2, 0) is 22.7 Å². The number of hydrogen-bond acceptors (Lipinski definition) is 5. The minimum Gasteiger partial charge on any atom is -0.495 e. The zero-order chi connectivity index (χ0) is 26.7. The van der Waals surface area contributed by atoms with Crippen LogP contribution in [0.5, 0.6) is 11.5 Å². The Hall–Kier alpha value is -3.26. The van der Waals surface area contributed by atoms with Gasteiger partial charge in [0.15, 0.2) is 0 Å². The Morgan fingerprint density at radius 1 is 1.00 bits per heavy atom. The second-order valence-electron chi connectivity index (χ2n) is 9.25. The lowest BCUT2D eigenvalue weighted by Gasteiger charge is -2.37. The average molecular weight is 540 g/mol. The molecule has 2 unspecified atom stereocenters. The van der Waals surface area contributed by atoms with Crippen LogP contribution in [0.1, 0.15) is 35.4 Å². The third-order valence-electron chi connectivity index (χ3n) is 6.63. The molecule has 202 valence electrons. The van der Waals surface area contributed by atoms with Gasteiger partial charge in [0.05, 0.1) is 51.2 Å². The number of amides is 1. The fraction of sp³-hybridized carbons (Fsp3) is 0.367. The maximum atomic E-state index is 11.6. The van der Waals surface area contributed by atoms with Crippen molar-refractivity contribution < 1.29 is 28.8 Å². The largest absolute Gasteiger partial charge is 0.495 e. The molecule has 2 atom stereocenters. The maximum Gasteiger partial charge on any atom is 0.407 e. The number of rotatable bonds is 12. The van der Waals surface area contributed by atoms with Gasteiger partial charge in [0.25, 0.3) is 0 Å². The van der Waals surface area contributed by atoms with Crippen LogP contribution in [0.15, 0.2) is 72.8 Å². The Balaban J connectivity index is 1.29. The molecule has 7 nitrogen and oxygen atoms in total. The second kappa shape index (κ2) is 14.0. The molecule has 1 N–H and O–H groups in total. The predicted octanol–water partition coefficient (Wildman–Crippen LogP) is 6.39. The number of hydrogen-bond donors (Lipinski definition) is 1. The molecular weight excluding hydrogens is 506 g/mol. The summed E-state index contributed by atoms with van der Waals surface area (Å²) in [5.74, 6) is 1.47. The van der Waals surface area contributed by atoms with Gasteiger partial charge in [-0.05, 0) is 47.4 Å². The lowest BCUT2D eigenvalue weighted by Crippen LogP contribution is -2.46. The van der Waals surface area contributed by atoms with Crippen molar-refractivity contribution >= 4 is 17.7 Å². The first-order valence-corrected chi connectivity index (χ1v) is 13.2. The summed E-state index contributed by atoms with van der Waals surface area (Å²) in [5, 5.41) is 10.0. The van der Waals surface area contributed by atoms with E-state index in [1.54, 1.807) is 13.2 Å². The van der Waals surface area contributed by atoms with Gasteiger partial charge in [0.1, 0.15) is 11.5 Å². The van der Waals surface area contributed by atoms with Gasteiger partial charge in [-0.3, -0.25) is 0 Å². The van der Waals surface area contributed by atoms with Crippen LogP contribution in [0.25, 0.3) is 0 Å². The van der Waals surface area contributed by atoms with Crippen molar-refractivity contribution in [3.05, 3.63) is 94.5 Å². The molecular formula is C30H34ClNO6. The van der Waals surface area contributed by atoms with Gasteiger partial charge in [-0.25, -0.2) is 4.79 Å². The Labute approximate surface area is 228 Å². The normalized spacial score (nSPS) is 17.3. The van der Waals surface area contributed by atoms with Crippen LogP contribution in [0.2, 0.25) is 5.02 Å². The molecule has 1 amide bonds. The molecule has 1 aliphatic heterocycles. The van der Waals surface area contributed by atoms with Crippen LogP contribution in [-0.4, -0.2) is 55.6 Å². The summed E-state index contributed by atoms with van der Waals surface area (Å²) in [6.45, 7) is 2.91. The van der Waals surface area contributed by atoms with Gasteiger partial charge >= 0.3 is 6.09 Å². The molecule has 0 aromatic heterocycles. The topological polar surface area (TPSA) is 77.5 Å². The van der Waals surface area contributed by atoms with E-state index >= 15 is 0 Å². The van der Waals surface area contributed by atoms with Crippen LogP contribution >= 0.6 is 11.6 Å². The Bertz CT molecular complexity index is 1160. The lowest BCUT2D eigenvalue weighted by atomic mass is 9.87. The van der Waals surface area contributed by atoms with E-state index in [0.29, 0.717) is 56.7 Å². The predicted molar refractivity (Wildman–Crippen MR) is 146 cm³/mol. The summed E-state index contributed by atoms with van der Waals surface area (Å²) in [4.78, 5) is 13.0. The van der Waals surface area contributed by atoms with Crippen molar-refractivity contribution in [2.45, 2.75) is 38.1 Å². The van der Waals surface area contributed by atoms with E-state index in [-0.39, 0.29) is 12.0 Å². The third-order valence-corrected chi connectivity index (χ3v) is 6.93. The average Bonchev–Trinajstić information content (AvgIpc) is 2.94. The second-order valence-corrected chi connectivity index (χ2v) is 9.66. The smallest absolute Gasteiger partial charge is 0.407 e. The number of benzene rings is 3. The number of halogens is 1. The van der Waals surface area contributed by atoms with E-state index in [4.69, 9.17) is 30.5 Å². The van der Waals surface area contributed by atoms with Crippen molar-refractivity contribution in [1.82, 2.24) is 4.90 Å². The van der Waals surface area contributed by atoms with Crippen molar-refractivity contribution in [3.8, 4) is 11.5 Å². The number of piperidine rings is 1. The summed E-state index contributed by atoms with van der Waals surface area (Å²) in [6.07, 6.45) is 0.266. The molecule has 3 aromatic rings. The Morgan fingerprint density at radius 3 is 2.50 bits per heavy atom. The van der Waals surface area contributed by atoms with E-state index in [2.05, 4.69) is 0 Å². The van der Waals surface area contributed by atoms with Crippen LogP contribution in [0.3, 0.4) is 0 Å². The molecule has 1 aliphatic rings. The number of ether oxygens (including phenoxy) is 4. The minimum atomic E-state index is -0.930. The molecule has 1 heterocycles. The SMILES string of the molecule is COc1ccc(COC2CN(C(=O)O)CCC2c2ccc(OCCCOCc3ccccc3)cc2)cc1Cl. The van der Waals surface area contributed by atoms with Crippen molar-refractivity contribution in [2.75, 3.05) is 33.4 Å². The summed E-state index contributed by atoms with van der Waals surface area (Å²) in [5.41, 5.74) is 3.16. The highest BCUT2D eigenvalue weighted by Crippen LogP contribution is 2.33. The number of nitrogens with zero attached hydrogens (tertiary/aromatic N) is 1. The van der Waals surface area contributed by atoms with Crippen LogP contribution in [0.4, 0.5) is 4.79 Å². The first kappa shape index (κ1) is 27.8. The Kier molecular flexibility index (Phi) is 10.3. The van der Waals surface area contributed by atoms with Gasteiger partial charge in [0.2, 0.25) is 0 Å². The standard InChI is InChI=1S/C30H34ClNO6/c1-35-28-13-8-23(18-27(28)31)21-38-29-19-32(30(33)34)15-14-26(29)24-9-11-25(12-10-24)37-17-5-16-36-20-22-6-3-2-4-7-22/h2-4,6-13,18,26,29H,5,14-17,19-21H2,1H3,(H,33,34). The fourth-order valence-corrected chi connectivity index (χ4v) is 4.85. The first-order chi connectivity index (χ1) is 18.5. The van der Waals surface area contributed by atoms with E-state index in [9.17, 15) is 9.90 Å². The zero-order valence-corrected chi connectivity index (χ0v) is 22.3. The highest BCUT2D eigenvalue weighted by atomic mass is 35.5. The number of methoxy groups -OCH3 is 1. The van der Waals surface area contributed by atoms with E-state index < -0.39 is 6.09 Å². The summed E-state index contributed by atoms with van der Waals surface area (Å²) in [7, 11) is 1.57. The molecule has 8 heteroatoms. The summed E-state index contributed by atoms with van der Waals surface area (Å²) < 4.78 is 23.1. The van der Waals surface area contributed by atoms with Crippen LogP contribution in [0, 0.1) is 0 Å².